The molecule has 32 heavy (non-hydrogen) atoms. The van der Waals surface area contributed by atoms with Gasteiger partial charge in [0.2, 0.25) is 5.88 Å². The molecule has 11 nitrogen and oxygen atoms in total. The molecule has 5 rings (SSSR count). The van der Waals surface area contributed by atoms with Crippen molar-refractivity contribution in [2.75, 3.05) is 13.2 Å². The van der Waals surface area contributed by atoms with Crippen molar-refractivity contribution in [3.63, 3.8) is 0 Å². The minimum absolute atomic E-state index is 0.128. The number of aliphatic hydroxyl groups is 1. The van der Waals surface area contributed by atoms with Crippen LogP contribution in [-0.2, 0) is 0 Å². The molecule has 0 aliphatic heterocycles. The van der Waals surface area contributed by atoms with E-state index >= 15 is 0 Å². The molecule has 5 N–H and O–H groups in total. The number of aromatic hydroxyl groups is 1. The summed E-state index contributed by atoms with van der Waals surface area (Å²) >= 11 is 1.28. The SMILES string of the molecule is O=C(NCCO)c1ccc(-c2cc(=NC3CC3)n3nc/c(=C\c4[nH]c(=O)[nH]c4O)c3n2)s1. The quantitative estimate of drug-likeness (QED) is 0.265. The Kier molecular flexibility index (Phi) is 5.07. The van der Waals surface area contributed by atoms with E-state index in [-0.39, 0.29) is 36.7 Å². The first-order valence-corrected chi connectivity index (χ1v) is 10.8. The van der Waals surface area contributed by atoms with Gasteiger partial charge < -0.3 is 20.5 Å². The molecule has 1 fully saturated rings. The zero-order chi connectivity index (χ0) is 22.2. The molecule has 4 aromatic rings. The highest BCUT2D eigenvalue weighted by molar-refractivity contribution is 7.17. The molecule has 0 spiro atoms. The molecule has 0 unspecified atom stereocenters. The fourth-order valence-electron chi connectivity index (χ4n) is 3.18. The summed E-state index contributed by atoms with van der Waals surface area (Å²) in [4.78, 5) is 39.2. The van der Waals surface area contributed by atoms with Gasteiger partial charge >= 0.3 is 5.69 Å². The van der Waals surface area contributed by atoms with Crippen molar-refractivity contribution < 1.29 is 15.0 Å². The van der Waals surface area contributed by atoms with Crippen LogP contribution in [0.4, 0.5) is 0 Å². The Balaban J connectivity index is 1.64. The molecule has 4 aromatic heterocycles. The molecule has 1 amide bonds. The lowest BCUT2D eigenvalue weighted by molar-refractivity contribution is 0.0949. The van der Waals surface area contributed by atoms with E-state index in [1.54, 1.807) is 22.9 Å². The van der Waals surface area contributed by atoms with Gasteiger partial charge in [-0.05, 0) is 31.1 Å². The second-order valence-corrected chi connectivity index (χ2v) is 8.41. The summed E-state index contributed by atoms with van der Waals surface area (Å²) in [7, 11) is 0. The van der Waals surface area contributed by atoms with E-state index in [0.29, 0.717) is 26.9 Å². The molecule has 12 heteroatoms. The number of aliphatic hydroxyl groups excluding tert-OH is 1. The van der Waals surface area contributed by atoms with Crippen LogP contribution >= 0.6 is 11.3 Å². The van der Waals surface area contributed by atoms with Crippen LogP contribution in [0.15, 0.2) is 34.2 Å². The molecular weight excluding hydrogens is 434 g/mol. The monoisotopic (exact) mass is 453 g/mol. The number of carbonyl (C=O) groups is 1. The maximum Gasteiger partial charge on any atom is 0.326 e. The van der Waals surface area contributed by atoms with Crippen molar-refractivity contribution in [3.05, 3.63) is 56.2 Å². The van der Waals surface area contributed by atoms with Crippen LogP contribution in [0.5, 0.6) is 5.88 Å². The third kappa shape index (κ3) is 3.92. The lowest BCUT2D eigenvalue weighted by atomic mass is 10.3. The van der Waals surface area contributed by atoms with Crippen molar-refractivity contribution in [2.45, 2.75) is 18.9 Å². The number of rotatable bonds is 6. The number of nitrogens with one attached hydrogen (secondary N) is 3. The molecule has 0 radical (unpaired) electrons. The number of hydrogen-bond acceptors (Lipinski definition) is 8. The number of H-pyrrole nitrogens is 2. The number of fused-ring (bicyclic) bond motifs is 1. The summed E-state index contributed by atoms with van der Waals surface area (Å²) in [6, 6.07) is 5.60. The smallest absolute Gasteiger partial charge is 0.326 e. The highest BCUT2D eigenvalue weighted by atomic mass is 32.1. The van der Waals surface area contributed by atoms with Crippen molar-refractivity contribution >= 4 is 29.0 Å². The predicted octanol–water partition coefficient (Wildman–Crippen LogP) is -0.487. The molecule has 1 saturated carbocycles. The number of carbonyl (C=O) groups excluding carboxylic acids is 1. The number of aromatic amines is 2. The van der Waals surface area contributed by atoms with Crippen LogP contribution in [-0.4, -0.2) is 59.9 Å². The summed E-state index contributed by atoms with van der Waals surface area (Å²) in [5.41, 5.74) is 1.47. The van der Waals surface area contributed by atoms with Gasteiger partial charge in [0.05, 0.1) is 34.3 Å². The van der Waals surface area contributed by atoms with E-state index in [2.05, 4.69) is 20.4 Å². The normalized spacial score (nSPS) is 15.0. The fraction of sp³-hybridized carbons (Fsp3) is 0.250. The van der Waals surface area contributed by atoms with Gasteiger partial charge in [-0.15, -0.1) is 11.3 Å². The second kappa shape index (κ2) is 8.05. The molecule has 1 aliphatic rings. The Bertz CT molecular complexity index is 1490. The van der Waals surface area contributed by atoms with Gasteiger partial charge in [0.1, 0.15) is 5.69 Å². The third-order valence-corrected chi connectivity index (χ3v) is 5.96. The molecule has 0 bridgehead atoms. The minimum Gasteiger partial charge on any atom is -0.493 e. The van der Waals surface area contributed by atoms with E-state index < -0.39 is 5.69 Å². The maximum absolute atomic E-state index is 12.2. The molecule has 1 aliphatic carbocycles. The third-order valence-electron chi connectivity index (χ3n) is 4.86. The van der Waals surface area contributed by atoms with E-state index in [4.69, 9.17) is 15.1 Å². The number of hydrogen-bond donors (Lipinski definition) is 5. The number of imidazole rings is 1. The summed E-state index contributed by atoms with van der Waals surface area (Å²) < 4.78 is 1.62. The summed E-state index contributed by atoms with van der Waals surface area (Å²) in [6.45, 7) is 0.0560. The van der Waals surface area contributed by atoms with Crippen LogP contribution in [0.3, 0.4) is 0 Å². The maximum atomic E-state index is 12.2. The number of aromatic nitrogens is 5. The Morgan fingerprint density at radius 2 is 2.22 bits per heavy atom. The van der Waals surface area contributed by atoms with Crippen LogP contribution in [0.25, 0.3) is 22.3 Å². The molecular formula is C20H19N7O4S. The standard InChI is InChI=1S/C20H19N7O4S/c28-6-5-21-19(30)15-4-3-14(32-15)12-8-16(23-11-1-2-11)27-17(24-12)10(9-22-27)7-13-18(29)26-20(31)25-13/h3-4,7-9,11,28-29H,1-2,5-6H2,(H,21,30)(H2,25,26,31)/b10-7+,23-16?. The molecule has 0 saturated heterocycles. The minimum atomic E-state index is -0.520. The second-order valence-electron chi connectivity index (χ2n) is 7.32. The van der Waals surface area contributed by atoms with E-state index in [1.807, 2.05) is 12.1 Å². The lowest BCUT2D eigenvalue weighted by Crippen LogP contribution is -2.25. The van der Waals surface area contributed by atoms with Crippen LogP contribution < -0.4 is 21.7 Å². The average molecular weight is 453 g/mol. The number of nitrogens with zero attached hydrogens (tertiary/aromatic N) is 4. The summed E-state index contributed by atoms with van der Waals surface area (Å²) in [5, 5.41) is 26.4. The molecule has 0 atom stereocenters. The van der Waals surface area contributed by atoms with Gasteiger partial charge in [-0.25, -0.2) is 9.78 Å². The first-order chi connectivity index (χ1) is 15.5. The Morgan fingerprint density at radius 1 is 1.38 bits per heavy atom. The Morgan fingerprint density at radius 3 is 2.94 bits per heavy atom. The van der Waals surface area contributed by atoms with Crippen molar-refractivity contribution in [1.82, 2.24) is 29.9 Å². The van der Waals surface area contributed by atoms with Gasteiger partial charge in [-0.2, -0.15) is 9.61 Å². The lowest BCUT2D eigenvalue weighted by Gasteiger charge is -2.01. The highest BCUT2D eigenvalue weighted by Gasteiger charge is 2.21. The average Bonchev–Trinajstić information content (AvgIpc) is 3.16. The molecule has 4 heterocycles. The Labute approximate surface area is 183 Å². The zero-order valence-electron chi connectivity index (χ0n) is 16.7. The largest absolute Gasteiger partial charge is 0.493 e. The van der Waals surface area contributed by atoms with Crippen LogP contribution in [0.2, 0.25) is 0 Å². The van der Waals surface area contributed by atoms with E-state index in [0.717, 1.165) is 17.7 Å². The van der Waals surface area contributed by atoms with Gasteiger partial charge in [0.15, 0.2) is 11.1 Å². The van der Waals surface area contributed by atoms with Gasteiger partial charge in [-0.3, -0.25) is 14.8 Å². The fourth-order valence-corrected chi connectivity index (χ4v) is 4.06. The van der Waals surface area contributed by atoms with Gasteiger partial charge in [0, 0.05) is 17.8 Å². The van der Waals surface area contributed by atoms with Gasteiger partial charge in [0.25, 0.3) is 5.91 Å². The number of thiophene rings is 1. The van der Waals surface area contributed by atoms with Crippen molar-refractivity contribution in [2.24, 2.45) is 4.99 Å². The first-order valence-electron chi connectivity index (χ1n) is 9.96. The number of amides is 1. The van der Waals surface area contributed by atoms with E-state index in [1.165, 1.54) is 11.3 Å². The summed E-state index contributed by atoms with van der Waals surface area (Å²) in [5.74, 6) is -0.533. The summed E-state index contributed by atoms with van der Waals surface area (Å²) in [6.07, 6.45) is 5.21. The highest BCUT2D eigenvalue weighted by Crippen LogP contribution is 2.27. The zero-order valence-corrected chi connectivity index (χ0v) is 17.5. The molecule has 0 aromatic carbocycles. The predicted molar refractivity (Wildman–Crippen MR) is 116 cm³/mol. The molecule has 164 valence electrons. The van der Waals surface area contributed by atoms with Crippen molar-refractivity contribution in [1.29, 1.82) is 0 Å². The van der Waals surface area contributed by atoms with E-state index in [9.17, 15) is 14.7 Å². The Hall–Kier alpha value is -3.77. The van der Waals surface area contributed by atoms with Gasteiger partial charge in [-0.1, -0.05) is 0 Å². The topological polar surface area (TPSA) is 161 Å². The first kappa shape index (κ1) is 20.2. The van der Waals surface area contributed by atoms with Crippen LogP contribution in [0, 0.1) is 0 Å². The van der Waals surface area contributed by atoms with Crippen molar-refractivity contribution in [3.8, 4) is 16.5 Å². The van der Waals surface area contributed by atoms with Crippen LogP contribution in [0.1, 0.15) is 28.2 Å².